The average molecular weight is 194 g/mol. The van der Waals surface area contributed by atoms with Crippen molar-refractivity contribution >= 4 is 17.5 Å². The standard InChI is InChI=1S/C8H16ClNO2/c1-6(2)10(5-7(3)11)8(12)4-9/h6-7,11H,4-5H2,1-3H3. The number of halogens is 1. The van der Waals surface area contributed by atoms with Crippen LogP contribution < -0.4 is 0 Å². The first-order valence-electron chi connectivity index (χ1n) is 4.02. The molecule has 0 aliphatic heterocycles. The zero-order valence-electron chi connectivity index (χ0n) is 7.75. The zero-order chi connectivity index (χ0) is 9.72. The summed E-state index contributed by atoms with van der Waals surface area (Å²) in [5, 5.41) is 9.08. The van der Waals surface area contributed by atoms with Crippen molar-refractivity contribution in [2.24, 2.45) is 0 Å². The number of hydrogen-bond donors (Lipinski definition) is 1. The average Bonchev–Trinajstić information content (AvgIpc) is 1.98. The van der Waals surface area contributed by atoms with E-state index in [1.807, 2.05) is 13.8 Å². The molecule has 72 valence electrons. The van der Waals surface area contributed by atoms with E-state index in [2.05, 4.69) is 0 Å². The number of hydrogen-bond acceptors (Lipinski definition) is 2. The van der Waals surface area contributed by atoms with Gasteiger partial charge in [0, 0.05) is 12.6 Å². The van der Waals surface area contributed by atoms with E-state index < -0.39 is 6.10 Å². The van der Waals surface area contributed by atoms with Crippen LogP contribution in [0.2, 0.25) is 0 Å². The molecule has 3 nitrogen and oxygen atoms in total. The minimum atomic E-state index is -0.500. The molecule has 0 rings (SSSR count). The summed E-state index contributed by atoms with van der Waals surface area (Å²) in [7, 11) is 0. The Balaban J connectivity index is 4.13. The van der Waals surface area contributed by atoms with Gasteiger partial charge in [-0.15, -0.1) is 11.6 Å². The summed E-state index contributed by atoms with van der Waals surface area (Å²) in [6.45, 7) is 5.79. The summed E-state index contributed by atoms with van der Waals surface area (Å²) >= 11 is 5.40. The van der Waals surface area contributed by atoms with Gasteiger partial charge in [-0.25, -0.2) is 0 Å². The molecule has 0 saturated heterocycles. The van der Waals surface area contributed by atoms with Gasteiger partial charge < -0.3 is 10.0 Å². The van der Waals surface area contributed by atoms with Crippen LogP contribution in [0.4, 0.5) is 0 Å². The minimum Gasteiger partial charge on any atom is -0.392 e. The summed E-state index contributed by atoms with van der Waals surface area (Å²) in [6.07, 6.45) is -0.500. The molecule has 1 atom stereocenters. The third-order valence-corrected chi connectivity index (χ3v) is 1.75. The lowest BCUT2D eigenvalue weighted by Gasteiger charge is -2.27. The Kier molecular flexibility index (Phi) is 5.25. The maximum atomic E-state index is 11.2. The SMILES string of the molecule is CC(O)CN(C(=O)CCl)C(C)C. The van der Waals surface area contributed by atoms with Crippen molar-refractivity contribution in [3.05, 3.63) is 0 Å². The second kappa shape index (κ2) is 5.38. The van der Waals surface area contributed by atoms with E-state index in [0.29, 0.717) is 6.54 Å². The van der Waals surface area contributed by atoms with Gasteiger partial charge in [0.25, 0.3) is 0 Å². The highest BCUT2D eigenvalue weighted by molar-refractivity contribution is 6.27. The van der Waals surface area contributed by atoms with Gasteiger partial charge in [0.15, 0.2) is 0 Å². The molecule has 0 aromatic rings. The smallest absolute Gasteiger partial charge is 0.237 e. The topological polar surface area (TPSA) is 40.5 Å². The molecule has 0 aliphatic carbocycles. The summed E-state index contributed by atoms with van der Waals surface area (Å²) in [4.78, 5) is 12.7. The van der Waals surface area contributed by atoms with Gasteiger partial charge in [-0.1, -0.05) is 0 Å². The highest BCUT2D eigenvalue weighted by atomic mass is 35.5. The second-order valence-electron chi connectivity index (χ2n) is 3.12. The molecule has 0 radical (unpaired) electrons. The number of aliphatic hydroxyl groups excluding tert-OH is 1. The Bertz CT molecular complexity index is 148. The lowest BCUT2D eigenvalue weighted by Crippen LogP contribution is -2.42. The van der Waals surface area contributed by atoms with E-state index in [0.717, 1.165) is 0 Å². The van der Waals surface area contributed by atoms with E-state index in [1.165, 1.54) is 0 Å². The Hall–Kier alpha value is -0.280. The van der Waals surface area contributed by atoms with E-state index >= 15 is 0 Å². The molecule has 0 spiro atoms. The summed E-state index contributed by atoms with van der Waals surface area (Å²) < 4.78 is 0. The number of rotatable bonds is 4. The number of amides is 1. The molecular formula is C8H16ClNO2. The van der Waals surface area contributed by atoms with Gasteiger partial charge in [-0.05, 0) is 20.8 Å². The number of alkyl halides is 1. The highest BCUT2D eigenvalue weighted by Crippen LogP contribution is 2.01. The fourth-order valence-electron chi connectivity index (χ4n) is 0.962. The predicted molar refractivity (Wildman–Crippen MR) is 49.2 cm³/mol. The maximum absolute atomic E-state index is 11.2. The molecule has 1 N–H and O–H groups in total. The molecule has 1 unspecified atom stereocenters. The van der Waals surface area contributed by atoms with Crippen molar-refractivity contribution in [3.8, 4) is 0 Å². The van der Waals surface area contributed by atoms with Gasteiger partial charge in [0.05, 0.1) is 6.10 Å². The third kappa shape index (κ3) is 3.93. The summed E-state index contributed by atoms with van der Waals surface area (Å²) in [6, 6.07) is 0.0887. The zero-order valence-corrected chi connectivity index (χ0v) is 8.51. The molecule has 0 bridgehead atoms. The van der Waals surface area contributed by atoms with Crippen LogP contribution in [-0.4, -0.2) is 40.5 Å². The van der Waals surface area contributed by atoms with E-state index in [1.54, 1.807) is 11.8 Å². The first kappa shape index (κ1) is 11.7. The molecular weight excluding hydrogens is 178 g/mol. The Morgan fingerprint density at radius 2 is 2.00 bits per heavy atom. The van der Waals surface area contributed by atoms with E-state index in [4.69, 9.17) is 16.7 Å². The molecule has 0 heterocycles. The van der Waals surface area contributed by atoms with Crippen LogP contribution in [0.1, 0.15) is 20.8 Å². The van der Waals surface area contributed by atoms with Gasteiger partial charge >= 0.3 is 0 Å². The Morgan fingerprint density at radius 3 is 2.25 bits per heavy atom. The number of nitrogens with zero attached hydrogens (tertiary/aromatic N) is 1. The quantitative estimate of drug-likeness (QED) is 0.673. The molecule has 0 fully saturated rings. The maximum Gasteiger partial charge on any atom is 0.237 e. The van der Waals surface area contributed by atoms with Crippen molar-refractivity contribution in [1.82, 2.24) is 4.90 Å². The van der Waals surface area contributed by atoms with Crippen molar-refractivity contribution < 1.29 is 9.90 Å². The molecule has 1 amide bonds. The normalized spacial score (nSPS) is 13.2. The van der Waals surface area contributed by atoms with Crippen molar-refractivity contribution in [1.29, 1.82) is 0 Å². The van der Waals surface area contributed by atoms with E-state index in [-0.39, 0.29) is 17.8 Å². The lowest BCUT2D eigenvalue weighted by atomic mass is 10.2. The minimum absolute atomic E-state index is 0.0229. The Morgan fingerprint density at radius 1 is 1.50 bits per heavy atom. The largest absolute Gasteiger partial charge is 0.392 e. The molecule has 12 heavy (non-hydrogen) atoms. The van der Waals surface area contributed by atoms with Gasteiger partial charge in [-0.2, -0.15) is 0 Å². The van der Waals surface area contributed by atoms with Crippen LogP contribution in [0.3, 0.4) is 0 Å². The molecule has 0 aromatic carbocycles. The van der Waals surface area contributed by atoms with Gasteiger partial charge in [-0.3, -0.25) is 4.79 Å². The van der Waals surface area contributed by atoms with E-state index in [9.17, 15) is 4.79 Å². The molecule has 0 saturated carbocycles. The highest BCUT2D eigenvalue weighted by Gasteiger charge is 2.16. The van der Waals surface area contributed by atoms with Crippen molar-refractivity contribution in [3.63, 3.8) is 0 Å². The van der Waals surface area contributed by atoms with Crippen LogP contribution in [0.5, 0.6) is 0 Å². The predicted octanol–water partition coefficient (Wildman–Crippen LogP) is 0.843. The van der Waals surface area contributed by atoms with Crippen LogP contribution in [0.25, 0.3) is 0 Å². The second-order valence-corrected chi connectivity index (χ2v) is 3.39. The molecule has 0 aliphatic rings. The first-order valence-corrected chi connectivity index (χ1v) is 4.56. The summed E-state index contributed by atoms with van der Waals surface area (Å²) in [5.74, 6) is -0.155. The lowest BCUT2D eigenvalue weighted by molar-refractivity contribution is -0.131. The number of carbonyl (C=O) groups is 1. The number of aliphatic hydroxyl groups is 1. The molecule has 0 aromatic heterocycles. The fraction of sp³-hybridized carbons (Fsp3) is 0.875. The van der Waals surface area contributed by atoms with Crippen LogP contribution in [0, 0.1) is 0 Å². The first-order chi connectivity index (χ1) is 5.49. The van der Waals surface area contributed by atoms with Crippen molar-refractivity contribution in [2.45, 2.75) is 32.9 Å². The third-order valence-electron chi connectivity index (χ3n) is 1.52. The van der Waals surface area contributed by atoms with Gasteiger partial charge in [0.1, 0.15) is 5.88 Å². The monoisotopic (exact) mass is 193 g/mol. The summed E-state index contributed by atoms with van der Waals surface area (Å²) in [5.41, 5.74) is 0. The van der Waals surface area contributed by atoms with Gasteiger partial charge in [0.2, 0.25) is 5.91 Å². The number of carbonyl (C=O) groups excluding carboxylic acids is 1. The van der Waals surface area contributed by atoms with Crippen LogP contribution >= 0.6 is 11.6 Å². The van der Waals surface area contributed by atoms with Crippen LogP contribution in [0.15, 0.2) is 0 Å². The Labute approximate surface area is 78.3 Å². The molecule has 4 heteroatoms. The fourth-order valence-corrected chi connectivity index (χ4v) is 1.12. The van der Waals surface area contributed by atoms with Crippen molar-refractivity contribution in [2.75, 3.05) is 12.4 Å². The van der Waals surface area contributed by atoms with Crippen LogP contribution in [-0.2, 0) is 4.79 Å².